The smallest absolute Gasteiger partial charge is 0.270 e. The van der Waals surface area contributed by atoms with Crippen LogP contribution in [-0.2, 0) is 6.54 Å². The molecule has 1 heterocycles. The molecule has 0 atom stereocenters. The van der Waals surface area contributed by atoms with Gasteiger partial charge in [0.1, 0.15) is 5.69 Å². The van der Waals surface area contributed by atoms with Crippen LogP contribution in [0.5, 0.6) is 0 Å². The third-order valence-electron chi connectivity index (χ3n) is 2.58. The van der Waals surface area contributed by atoms with Crippen LogP contribution in [0.1, 0.15) is 23.8 Å². The summed E-state index contributed by atoms with van der Waals surface area (Å²) in [5.74, 6) is 0.996. The van der Waals surface area contributed by atoms with Crippen molar-refractivity contribution in [3.63, 3.8) is 0 Å². The van der Waals surface area contributed by atoms with Gasteiger partial charge in [-0.2, -0.15) is 11.8 Å². The summed E-state index contributed by atoms with van der Waals surface area (Å²) in [4.78, 5) is 13.9. The molecule has 17 heavy (non-hydrogen) atoms. The van der Waals surface area contributed by atoms with Crippen molar-refractivity contribution in [3.05, 3.63) is 18.0 Å². The van der Waals surface area contributed by atoms with Crippen LogP contribution in [0.4, 0.5) is 5.69 Å². The van der Waals surface area contributed by atoms with E-state index in [0.29, 0.717) is 11.4 Å². The number of nitrogen functional groups attached to an aromatic ring is 1. The zero-order valence-electron chi connectivity index (χ0n) is 10.8. The predicted octanol–water partition coefficient (Wildman–Crippen LogP) is 1.92. The molecule has 0 unspecified atom stereocenters. The molecule has 0 aliphatic rings. The number of hydrogen-bond donors (Lipinski definition) is 1. The van der Waals surface area contributed by atoms with Crippen LogP contribution in [0.15, 0.2) is 12.3 Å². The minimum Gasteiger partial charge on any atom is -0.397 e. The fourth-order valence-corrected chi connectivity index (χ4v) is 2.12. The first-order chi connectivity index (χ1) is 8.10. The largest absolute Gasteiger partial charge is 0.397 e. The van der Waals surface area contributed by atoms with Crippen molar-refractivity contribution in [1.29, 1.82) is 0 Å². The zero-order chi connectivity index (χ0) is 12.8. The van der Waals surface area contributed by atoms with Gasteiger partial charge in [-0.15, -0.1) is 0 Å². The van der Waals surface area contributed by atoms with Gasteiger partial charge >= 0.3 is 0 Å². The maximum atomic E-state index is 12.2. The first-order valence-corrected chi connectivity index (χ1v) is 7.19. The maximum absolute atomic E-state index is 12.2. The Labute approximate surface area is 107 Å². The summed E-state index contributed by atoms with van der Waals surface area (Å²) >= 11 is 1.74. The van der Waals surface area contributed by atoms with E-state index in [1.165, 1.54) is 0 Å². The molecule has 1 rings (SSSR count). The van der Waals surface area contributed by atoms with E-state index in [9.17, 15) is 4.79 Å². The van der Waals surface area contributed by atoms with Crippen molar-refractivity contribution in [2.24, 2.45) is 0 Å². The standard InChI is InChI=1S/C12H21N3OS/c1-4-5-15-9-10(13)8-11(15)12(16)14(2)6-7-17-3/h8-9H,4-7,13H2,1-3H3. The number of carbonyl (C=O) groups excluding carboxylic acids is 1. The molecule has 2 N–H and O–H groups in total. The zero-order valence-corrected chi connectivity index (χ0v) is 11.6. The molecule has 1 aromatic rings. The SMILES string of the molecule is CCCn1cc(N)cc1C(=O)N(C)CCSC. The first kappa shape index (κ1) is 14.0. The molecule has 1 amide bonds. The Bertz CT molecular complexity index is 376. The lowest BCUT2D eigenvalue weighted by molar-refractivity contribution is 0.0793. The van der Waals surface area contributed by atoms with Crippen molar-refractivity contribution in [2.45, 2.75) is 19.9 Å². The van der Waals surface area contributed by atoms with Crippen LogP contribution >= 0.6 is 11.8 Å². The highest BCUT2D eigenvalue weighted by Gasteiger charge is 2.16. The molecule has 4 nitrogen and oxygen atoms in total. The number of carbonyl (C=O) groups is 1. The lowest BCUT2D eigenvalue weighted by atomic mass is 10.3. The van der Waals surface area contributed by atoms with E-state index in [0.717, 1.165) is 25.3 Å². The summed E-state index contributed by atoms with van der Waals surface area (Å²) in [7, 11) is 1.83. The molecule has 0 aliphatic heterocycles. The maximum Gasteiger partial charge on any atom is 0.270 e. The Morgan fingerprint density at radius 2 is 2.29 bits per heavy atom. The fraction of sp³-hybridized carbons (Fsp3) is 0.583. The summed E-state index contributed by atoms with van der Waals surface area (Å²) in [6.07, 6.45) is 4.86. The second-order valence-electron chi connectivity index (χ2n) is 4.07. The molecule has 0 fully saturated rings. The summed E-state index contributed by atoms with van der Waals surface area (Å²) in [6.45, 7) is 3.67. The van der Waals surface area contributed by atoms with Crippen LogP contribution < -0.4 is 5.73 Å². The molecule has 96 valence electrons. The van der Waals surface area contributed by atoms with E-state index < -0.39 is 0 Å². The number of anilines is 1. The number of rotatable bonds is 6. The normalized spacial score (nSPS) is 10.5. The van der Waals surface area contributed by atoms with Gasteiger partial charge in [-0.1, -0.05) is 6.92 Å². The number of nitrogens with zero attached hydrogens (tertiary/aromatic N) is 2. The molecular weight excluding hydrogens is 234 g/mol. The van der Waals surface area contributed by atoms with Crippen molar-refractivity contribution < 1.29 is 4.79 Å². The van der Waals surface area contributed by atoms with Gasteiger partial charge in [0, 0.05) is 32.1 Å². The minimum absolute atomic E-state index is 0.0456. The third-order valence-corrected chi connectivity index (χ3v) is 3.17. The van der Waals surface area contributed by atoms with Gasteiger partial charge in [0.05, 0.1) is 5.69 Å². The monoisotopic (exact) mass is 255 g/mol. The molecule has 0 bridgehead atoms. The van der Waals surface area contributed by atoms with E-state index in [2.05, 4.69) is 6.92 Å². The number of thioether (sulfide) groups is 1. The summed E-state index contributed by atoms with van der Waals surface area (Å²) in [6, 6.07) is 1.76. The molecular formula is C12H21N3OS. The highest BCUT2D eigenvalue weighted by Crippen LogP contribution is 2.13. The summed E-state index contributed by atoms with van der Waals surface area (Å²) in [5, 5.41) is 0. The second kappa shape index (κ2) is 6.59. The molecule has 0 saturated heterocycles. The molecule has 0 spiro atoms. The Balaban J connectivity index is 2.79. The van der Waals surface area contributed by atoms with Gasteiger partial charge in [-0.05, 0) is 18.7 Å². The van der Waals surface area contributed by atoms with Gasteiger partial charge in [0.2, 0.25) is 0 Å². The number of nitrogens with two attached hydrogens (primary N) is 1. The molecule has 0 aliphatic carbocycles. The molecule has 0 radical (unpaired) electrons. The van der Waals surface area contributed by atoms with Gasteiger partial charge in [0.15, 0.2) is 0 Å². The van der Waals surface area contributed by atoms with E-state index >= 15 is 0 Å². The Morgan fingerprint density at radius 3 is 2.88 bits per heavy atom. The fourth-order valence-electron chi connectivity index (χ4n) is 1.66. The number of aryl methyl sites for hydroxylation is 1. The molecule has 0 saturated carbocycles. The topological polar surface area (TPSA) is 51.3 Å². The summed E-state index contributed by atoms with van der Waals surface area (Å²) in [5.41, 5.74) is 7.09. The Hall–Kier alpha value is -1.10. The minimum atomic E-state index is 0.0456. The number of amides is 1. The average molecular weight is 255 g/mol. The quantitative estimate of drug-likeness (QED) is 0.845. The van der Waals surface area contributed by atoms with Crippen LogP contribution in [-0.4, -0.2) is 41.0 Å². The van der Waals surface area contributed by atoms with Crippen LogP contribution in [0, 0.1) is 0 Å². The molecule has 1 aromatic heterocycles. The van der Waals surface area contributed by atoms with E-state index in [1.54, 1.807) is 22.7 Å². The van der Waals surface area contributed by atoms with Crippen LogP contribution in [0.2, 0.25) is 0 Å². The summed E-state index contributed by atoms with van der Waals surface area (Å²) < 4.78 is 1.94. The van der Waals surface area contributed by atoms with Gasteiger partial charge in [-0.25, -0.2) is 0 Å². The lowest BCUT2D eigenvalue weighted by Crippen LogP contribution is -2.30. The van der Waals surface area contributed by atoms with Crippen molar-refractivity contribution in [1.82, 2.24) is 9.47 Å². The second-order valence-corrected chi connectivity index (χ2v) is 5.06. The Morgan fingerprint density at radius 1 is 1.59 bits per heavy atom. The van der Waals surface area contributed by atoms with Crippen LogP contribution in [0.25, 0.3) is 0 Å². The molecule has 0 aromatic carbocycles. The third kappa shape index (κ3) is 3.70. The van der Waals surface area contributed by atoms with E-state index in [-0.39, 0.29) is 5.91 Å². The predicted molar refractivity (Wildman–Crippen MR) is 74.5 cm³/mol. The van der Waals surface area contributed by atoms with Crippen LogP contribution in [0.3, 0.4) is 0 Å². The van der Waals surface area contributed by atoms with Crippen molar-refractivity contribution in [3.8, 4) is 0 Å². The van der Waals surface area contributed by atoms with E-state index in [4.69, 9.17) is 5.73 Å². The lowest BCUT2D eigenvalue weighted by Gasteiger charge is -2.17. The average Bonchev–Trinajstić information content (AvgIpc) is 2.66. The Kier molecular flexibility index (Phi) is 5.41. The van der Waals surface area contributed by atoms with Crippen molar-refractivity contribution >= 4 is 23.4 Å². The van der Waals surface area contributed by atoms with Gasteiger partial charge < -0.3 is 15.2 Å². The van der Waals surface area contributed by atoms with E-state index in [1.807, 2.05) is 24.1 Å². The van der Waals surface area contributed by atoms with Gasteiger partial charge in [0.25, 0.3) is 5.91 Å². The van der Waals surface area contributed by atoms with Crippen molar-refractivity contribution in [2.75, 3.05) is 31.3 Å². The van der Waals surface area contributed by atoms with Gasteiger partial charge in [-0.3, -0.25) is 4.79 Å². The highest BCUT2D eigenvalue weighted by molar-refractivity contribution is 7.98. The number of aromatic nitrogens is 1. The number of hydrogen-bond acceptors (Lipinski definition) is 3. The first-order valence-electron chi connectivity index (χ1n) is 5.80. The molecule has 5 heteroatoms. The highest BCUT2D eigenvalue weighted by atomic mass is 32.2.